The Morgan fingerprint density at radius 1 is 0.926 bits per heavy atom. The quantitative estimate of drug-likeness (QED) is 0.548. The molecule has 0 aliphatic rings. The summed E-state index contributed by atoms with van der Waals surface area (Å²) in [5.74, 6) is 1.85. The molecule has 0 bridgehead atoms. The molecule has 0 amide bonds. The molecule has 27 heavy (non-hydrogen) atoms. The summed E-state index contributed by atoms with van der Waals surface area (Å²) in [6.45, 7) is 3.25. The van der Waals surface area contributed by atoms with Crippen molar-refractivity contribution >= 4 is 5.96 Å². The van der Waals surface area contributed by atoms with Crippen LogP contribution in [0.5, 0.6) is 17.2 Å². The molecule has 0 unspecified atom stereocenters. The molecule has 146 valence electrons. The van der Waals surface area contributed by atoms with E-state index in [4.69, 9.17) is 14.2 Å². The van der Waals surface area contributed by atoms with Gasteiger partial charge >= 0.3 is 0 Å². The molecule has 2 aromatic rings. The van der Waals surface area contributed by atoms with Gasteiger partial charge in [-0.1, -0.05) is 12.1 Å². The predicted octanol–water partition coefficient (Wildman–Crippen LogP) is 3.11. The topological polar surface area (TPSA) is 64.1 Å². The van der Waals surface area contributed by atoms with Crippen LogP contribution in [0.3, 0.4) is 0 Å². The largest absolute Gasteiger partial charge is 0.493 e. The van der Waals surface area contributed by atoms with E-state index in [1.54, 1.807) is 27.3 Å². The zero-order valence-corrected chi connectivity index (χ0v) is 16.1. The molecular weight excluding hydrogens is 349 g/mol. The number of guanidine groups is 1. The Morgan fingerprint density at radius 2 is 1.52 bits per heavy atom. The fourth-order valence-corrected chi connectivity index (χ4v) is 2.51. The van der Waals surface area contributed by atoms with E-state index in [9.17, 15) is 4.39 Å². The van der Waals surface area contributed by atoms with Gasteiger partial charge in [-0.2, -0.15) is 0 Å². The Bertz CT molecular complexity index is 781. The maximum atomic E-state index is 13.9. The second-order valence-electron chi connectivity index (χ2n) is 5.67. The van der Waals surface area contributed by atoms with Crippen LogP contribution in [0.2, 0.25) is 0 Å². The van der Waals surface area contributed by atoms with E-state index in [0.29, 0.717) is 37.2 Å². The number of methoxy groups -OCH3 is 2. The number of nitrogens with one attached hydrogen (secondary N) is 2. The van der Waals surface area contributed by atoms with E-state index in [2.05, 4.69) is 15.6 Å². The van der Waals surface area contributed by atoms with Crippen molar-refractivity contribution in [2.75, 3.05) is 27.9 Å². The third kappa shape index (κ3) is 5.77. The van der Waals surface area contributed by atoms with Gasteiger partial charge in [0.05, 0.1) is 20.8 Å². The number of nitrogens with zero attached hydrogens (tertiary/aromatic N) is 1. The van der Waals surface area contributed by atoms with Crippen LogP contribution in [0, 0.1) is 5.82 Å². The lowest BCUT2D eigenvalue weighted by Gasteiger charge is -2.14. The van der Waals surface area contributed by atoms with E-state index in [1.165, 1.54) is 6.07 Å². The molecule has 0 atom stereocenters. The SMILES string of the molecule is CCOc1ccc(CNC(=NC)NCc2ccc(OC)c(OC)c2)cc1F. The minimum Gasteiger partial charge on any atom is -0.493 e. The summed E-state index contributed by atoms with van der Waals surface area (Å²) < 4.78 is 29.7. The first kappa shape index (κ1) is 20.4. The van der Waals surface area contributed by atoms with Crippen LogP contribution in [-0.2, 0) is 13.1 Å². The molecule has 2 N–H and O–H groups in total. The first-order chi connectivity index (χ1) is 13.1. The second kappa shape index (κ2) is 10.3. The van der Waals surface area contributed by atoms with E-state index < -0.39 is 0 Å². The normalized spacial score (nSPS) is 11.1. The van der Waals surface area contributed by atoms with E-state index in [1.807, 2.05) is 31.2 Å². The number of ether oxygens (including phenoxy) is 3. The van der Waals surface area contributed by atoms with Crippen molar-refractivity contribution in [2.45, 2.75) is 20.0 Å². The molecule has 0 saturated heterocycles. The van der Waals surface area contributed by atoms with Gasteiger partial charge in [-0.05, 0) is 42.3 Å². The first-order valence-electron chi connectivity index (χ1n) is 8.67. The lowest BCUT2D eigenvalue weighted by atomic mass is 10.2. The standard InChI is InChI=1S/C20H26FN3O3/c1-5-27-17-8-6-14(10-16(17)21)12-23-20(22-2)24-13-15-7-9-18(25-3)19(11-15)26-4/h6-11H,5,12-13H2,1-4H3,(H2,22,23,24). The zero-order chi connectivity index (χ0) is 19.6. The Balaban J connectivity index is 1.92. The maximum Gasteiger partial charge on any atom is 0.191 e. The fourth-order valence-electron chi connectivity index (χ4n) is 2.51. The molecule has 6 nitrogen and oxygen atoms in total. The summed E-state index contributed by atoms with van der Waals surface area (Å²) >= 11 is 0. The van der Waals surface area contributed by atoms with Gasteiger partial charge in [-0.15, -0.1) is 0 Å². The molecule has 7 heteroatoms. The van der Waals surface area contributed by atoms with Crippen molar-refractivity contribution in [3.05, 3.63) is 53.3 Å². The van der Waals surface area contributed by atoms with Crippen LogP contribution < -0.4 is 24.8 Å². The molecule has 0 fully saturated rings. The van der Waals surface area contributed by atoms with E-state index >= 15 is 0 Å². The van der Waals surface area contributed by atoms with Crippen LogP contribution in [0.25, 0.3) is 0 Å². The first-order valence-corrected chi connectivity index (χ1v) is 8.67. The van der Waals surface area contributed by atoms with Gasteiger partial charge in [-0.25, -0.2) is 4.39 Å². The van der Waals surface area contributed by atoms with Gasteiger partial charge in [0.1, 0.15) is 0 Å². The second-order valence-corrected chi connectivity index (χ2v) is 5.67. The number of aliphatic imine (C=N–C) groups is 1. The average Bonchev–Trinajstić information content (AvgIpc) is 2.69. The summed E-state index contributed by atoms with van der Waals surface area (Å²) in [6.07, 6.45) is 0. The van der Waals surface area contributed by atoms with Crippen molar-refractivity contribution in [3.8, 4) is 17.2 Å². The predicted molar refractivity (Wildman–Crippen MR) is 104 cm³/mol. The minimum absolute atomic E-state index is 0.261. The lowest BCUT2D eigenvalue weighted by molar-refractivity contribution is 0.321. The number of rotatable bonds is 8. The molecule has 0 saturated carbocycles. The van der Waals surface area contributed by atoms with E-state index in [0.717, 1.165) is 11.1 Å². The summed E-state index contributed by atoms with van der Waals surface area (Å²) in [6, 6.07) is 10.6. The van der Waals surface area contributed by atoms with Gasteiger partial charge in [-0.3, -0.25) is 4.99 Å². The molecule has 0 heterocycles. The highest BCUT2D eigenvalue weighted by atomic mass is 19.1. The summed E-state index contributed by atoms with van der Waals surface area (Å²) in [5, 5.41) is 6.38. The summed E-state index contributed by atoms with van der Waals surface area (Å²) in [5.41, 5.74) is 1.81. The molecule has 2 rings (SSSR count). The van der Waals surface area contributed by atoms with Gasteiger partial charge in [0.2, 0.25) is 0 Å². The number of hydrogen-bond donors (Lipinski definition) is 2. The van der Waals surface area contributed by atoms with Gasteiger partial charge in [0.25, 0.3) is 0 Å². The number of benzene rings is 2. The zero-order valence-electron chi connectivity index (χ0n) is 16.1. The Hall–Kier alpha value is -2.96. The van der Waals surface area contributed by atoms with Crippen molar-refractivity contribution in [3.63, 3.8) is 0 Å². The summed E-state index contributed by atoms with van der Waals surface area (Å²) in [4.78, 5) is 4.18. The molecule has 0 aliphatic heterocycles. The Labute approximate surface area is 159 Å². The number of hydrogen-bond acceptors (Lipinski definition) is 4. The van der Waals surface area contributed by atoms with Crippen LogP contribution in [0.4, 0.5) is 4.39 Å². The van der Waals surface area contributed by atoms with Crippen LogP contribution in [-0.4, -0.2) is 33.8 Å². The molecule has 0 radical (unpaired) electrons. The van der Waals surface area contributed by atoms with Crippen molar-refractivity contribution in [1.82, 2.24) is 10.6 Å². The number of halogens is 1. The summed E-state index contributed by atoms with van der Waals surface area (Å²) in [7, 11) is 4.89. The monoisotopic (exact) mass is 375 g/mol. The smallest absolute Gasteiger partial charge is 0.191 e. The van der Waals surface area contributed by atoms with Crippen molar-refractivity contribution in [2.24, 2.45) is 4.99 Å². The van der Waals surface area contributed by atoms with Crippen LogP contribution >= 0.6 is 0 Å². The molecule has 2 aromatic carbocycles. The Morgan fingerprint density at radius 3 is 2.04 bits per heavy atom. The van der Waals surface area contributed by atoms with Gasteiger partial charge in [0.15, 0.2) is 29.0 Å². The van der Waals surface area contributed by atoms with Crippen molar-refractivity contribution < 1.29 is 18.6 Å². The highest BCUT2D eigenvalue weighted by Gasteiger charge is 2.07. The van der Waals surface area contributed by atoms with Gasteiger partial charge in [0, 0.05) is 20.1 Å². The fraction of sp³-hybridized carbons (Fsp3) is 0.350. The lowest BCUT2D eigenvalue weighted by Crippen LogP contribution is -2.36. The van der Waals surface area contributed by atoms with Crippen LogP contribution in [0.1, 0.15) is 18.1 Å². The average molecular weight is 375 g/mol. The van der Waals surface area contributed by atoms with Gasteiger partial charge < -0.3 is 24.8 Å². The Kier molecular flexibility index (Phi) is 7.73. The minimum atomic E-state index is -0.371. The third-order valence-electron chi connectivity index (χ3n) is 3.89. The molecule has 0 aromatic heterocycles. The van der Waals surface area contributed by atoms with Crippen LogP contribution in [0.15, 0.2) is 41.4 Å². The van der Waals surface area contributed by atoms with Crippen molar-refractivity contribution in [1.29, 1.82) is 0 Å². The third-order valence-corrected chi connectivity index (χ3v) is 3.89. The highest BCUT2D eigenvalue weighted by molar-refractivity contribution is 5.79. The highest BCUT2D eigenvalue weighted by Crippen LogP contribution is 2.27. The molecule has 0 aliphatic carbocycles. The molecular formula is C20H26FN3O3. The molecule has 0 spiro atoms. The van der Waals surface area contributed by atoms with E-state index in [-0.39, 0.29) is 11.6 Å². The maximum absolute atomic E-state index is 13.9.